The molecule has 29 heavy (non-hydrogen) atoms. The van der Waals surface area contributed by atoms with Gasteiger partial charge in [0, 0.05) is 5.69 Å². The minimum atomic E-state index is -0.619. The number of carbonyl (C=O) groups is 2. The van der Waals surface area contributed by atoms with Crippen LogP contribution >= 0.6 is 0 Å². The summed E-state index contributed by atoms with van der Waals surface area (Å²) >= 11 is 0. The number of anilines is 1. The van der Waals surface area contributed by atoms with Gasteiger partial charge < -0.3 is 19.3 Å². The van der Waals surface area contributed by atoms with Gasteiger partial charge in [-0.25, -0.2) is 4.79 Å². The third-order valence-electron chi connectivity index (χ3n) is 5.57. The topological polar surface area (TPSA) is 64.6 Å². The summed E-state index contributed by atoms with van der Waals surface area (Å²) in [5, 5.41) is 3.06. The van der Waals surface area contributed by atoms with E-state index >= 15 is 0 Å². The highest BCUT2D eigenvalue weighted by Crippen LogP contribution is 2.20. The van der Waals surface area contributed by atoms with Gasteiger partial charge in [0.05, 0.1) is 19.7 Å². The summed E-state index contributed by atoms with van der Waals surface area (Å²) < 4.78 is 10.9. The van der Waals surface area contributed by atoms with Crippen LogP contribution in [0.1, 0.15) is 57.6 Å². The van der Waals surface area contributed by atoms with Gasteiger partial charge in [0.1, 0.15) is 13.2 Å². The van der Waals surface area contributed by atoms with Crippen molar-refractivity contribution in [2.45, 2.75) is 60.3 Å². The summed E-state index contributed by atoms with van der Waals surface area (Å²) in [6, 6.07) is 5.97. The quantitative estimate of drug-likeness (QED) is 0.289. The first-order chi connectivity index (χ1) is 13.9. The highest BCUT2D eigenvalue weighted by atomic mass is 16.7. The Hall–Kier alpha value is -2.08. The van der Waals surface area contributed by atoms with Crippen LogP contribution in [0, 0.1) is 13.8 Å². The molecule has 0 radical (unpaired) electrons. The maximum atomic E-state index is 12.7. The zero-order valence-corrected chi connectivity index (χ0v) is 18.9. The van der Waals surface area contributed by atoms with Gasteiger partial charge >= 0.3 is 6.16 Å². The van der Waals surface area contributed by atoms with Gasteiger partial charge in [-0.05, 0) is 45.2 Å². The molecular formula is C23H39N2O4+. The Labute approximate surface area is 176 Å². The van der Waals surface area contributed by atoms with Crippen molar-refractivity contribution < 1.29 is 23.5 Å². The average molecular weight is 408 g/mol. The molecule has 1 N–H and O–H groups in total. The molecule has 0 saturated carbocycles. The van der Waals surface area contributed by atoms with Gasteiger partial charge in [-0.3, -0.25) is 4.79 Å². The minimum absolute atomic E-state index is 0.0235. The zero-order chi connectivity index (χ0) is 21.7. The Morgan fingerprint density at radius 1 is 0.931 bits per heavy atom. The standard InChI is InChI=1S/C23H38N2O4/c1-6-9-10-11-16-28-23(27)29-17-15-25(7-2,8-3)18-21(26)24-22-19(4)13-12-14-20(22)5/h12-14H,6-11,15-18H2,1-5H3/p+1. The van der Waals surface area contributed by atoms with Crippen LogP contribution in [0.4, 0.5) is 10.5 Å². The normalized spacial score (nSPS) is 11.2. The second-order valence-electron chi connectivity index (χ2n) is 7.68. The van der Waals surface area contributed by atoms with Gasteiger partial charge in [0.25, 0.3) is 5.91 Å². The van der Waals surface area contributed by atoms with E-state index in [4.69, 9.17) is 9.47 Å². The number of benzene rings is 1. The molecule has 1 aromatic carbocycles. The highest BCUT2D eigenvalue weighted by molar-refractivity contribution is 5.93. The van der Waals surface area contributed by atoms with Crippen LogP contribution in [0.2, 0.25) is 0 Å². The number of ether oxygens (including phenoxy) is 2. The van der Waals surface area contributed by atoms with Gasteiger partial charge in [-0.15, -0.1) is 0 Å². The molecule has 0 fully saturated rings. The van der Waals surface area contributed by atoms with Crippen molar-refractivity contribution in [3.05, 3.63) is 29.3 Å². The maximum Gasteiger partial charge on any atom is 0.508 e. The zero-order valence-electron chi connectivity index (χ0n) is 18.9. The van der Waals surface area contributed by atoms with Crippen LogP contribution in [0.15, 0.2) is 18.2 Å². The number of nitrogens with one attached hydrogen (secondary N) is 1. The van der Waals surface area contributed by atoms with E-state index in [0.29, 0.717) is 24.2 Å². The monoisotopic (exact) mass is 407 g/mol. The molecule has 1 aromatic rings. The molecular weight excluding hydrogens is 368 g/mol. The van der Waals surface area contributed by atoms with Crippen LogP contribution in [0.5, 0.6) is 0 Å². The maximum absolute atomic E-state index is 12.7. The Morgan fingerprint density at radius 3 is 2.14 bits per heavy atom. The second kappa shape index (κ2) is 13.2. The predicted molar refractivity (Wildman–Crippen MR) is 117 cm³/mol. The number of aryl methyl sites for hydroxylation is 2. The molecule has 0 aliphatic heterocycles. The van der Waals surface area contributed by atoms with Crippen LogP contribution in [-0.4, -0.2) is 55.9 Å². The van der Waals surface area contributed by atoms with E-state index in [1.807, 2.05) is 32.0 Å². The lowest BCUT2D eigenvalue weighted by Gasteiger charge is -2.35. The van der Waals surface area contributed by atoms with Crippen LogP contribution < -0.4 is 5.32 Å². The Morgan fingerprint density at radius 2 is 1.55 bits per heavy atom. The first-order valence-electron chi connectivity index (χ1n) is 10.9. The molecule has 0 unspecified atom stereocenters. The van der Waals surface area contributed by atoms with E-state index in [9.17, 15) is 9.59 Å². The number of carbonyl (C=O) groups excluding carboxylic acids is 2. The number of nitrogens with zero attached hydrogens (tertiary/aromatic N) is 1. The van der Waals surface area contributed by atoms with Crippen molar-refractivity contribution in [2.75, 3.05) is 44.7 Å². The van der Waals surface area contributed by atoms with E-state index in [1.54, 1.807) is 0 Å². The molecule has 1 amide bonds. The van der Waals surface area contributed by atoms with Crippen molar-refractivity contribution in [3.8, 4) is 0 Å². The largest absolute Gasteiger partial charge is 0.508 e. The van der Waals surface area contributed by atoms with E-state index in [2.05, 4.69) is 26.1 Å². The fourth-order valence-electron chi connectivity index (χ4n) is 3.39. The third-order valence-corrected chi connectivity index (χ3v) is 5.57. The Balaban J connectivity index is 2.50. The Bertz CT molecular complexity index is 622. The molecule has 0 aromatic heterocycles. The molecule has 0 spiro atoms. The fraction of sp³-hybridized carbons (Fsp3) is 0.652. The summed E-state index contributed by atoms with van der Waals surface area (Å²) in [4.78, 5) is 24.5. The van der Waals surface area contributed by atoms with Gasteiger partial charge in [0.2, 0.25) is 0 Å². The predicted octanol–water partition coefficient (Wildman–Crippen LogP) is 4.83. The minimum Gasteiger partial charge on any atom is -0.434 e. The number of hydrogen-bond donors (Lipinski definition) is 1. The lowest BCUT2D eigenvalue weighted by Crippen LogP contribution is -2.54. The number of hydrogen-bond acceptors (Lipinski definition) is 4. The van der Waals surface area contributed by atoms with Gasteiger partial charge in [-0.1, -0.05) is 44.4 Å². The van der Waals surface area contributed by atoms with E-state index in [1.165, 1.54) is 0 Å². The van der Waals surface area contributed by atoms with E-state index in [0.717, 1.165) is 55.6 Å². The molecule has 0 saturated heterocycles. The van der Waals surface area contributed by atoms with Crippen molar-refractivity contribution >= 4 is 17.7 Å². The van der Waals surface area contributed by atoms with E-state index in [-0.39, 0.29) is 12.5 Å². The van der Waals surface area contributed by atoms with Crippen molar-refractivity contribution in [3.63, 3.8) is 0 Å². The first-order valence-corrected chi connectivity index (χ1v) is 10.9. The van der Waals surface area contributed by atoms with Gasteiger partial charge in [-0.2, -0.15) is 0 Å². The Kier molecular flexibility index (Phi) is 11.4. The number of para-hydroxylation sites is 1. The highest BCUT2D eigenvalue weighted by Gasteiger charge is 2.28. The first kappa shape index (κ1) is 25.0. The molecule has 6 heteroatoms. The molecule has 0 atom stereocenters. The van der Waals surface area contributed by atoms with Crippen molar-refractivity contribution in [2.24, 2.45) is 0 Å². The molecule has 0 aliphatic rings. The summed E-state index contributed by atoms with van der Waals surface area (Å²) in [7, 11) is 0. The van der Waals surface area contributed by atoms with Crippen LogP contribution in [0.3, 0.4) is 0 Å². The SMILES string of the molecule is CCCCCCOC(=O)OCC[N+](CC)(CC)CC(=O)Nc1c(C)cccc1C. The summed E-state index contributed by atoms with van der Waals surface area (Å²) in [6.45, 7) is 13.4. The number of quaternary nitrogens is 1. The summed E-state index contributed by atoms with van der Waals surface area (Å²) in [5.74, 6) is -0.0235. The van der Waals surface area contributed by atoms with Crippen molar-refractivity contribution in [1.29, 1.82) is 0 Å². The second-order valence-corrected chi connectivity index (χ2v) is 7.68. The fourth-order valence-corrected chi connectivity index (χ4v) is 3.39. The van der Waals surface area contributed by atoms with Gasteiger partial charge in [0.15, 0.2) is 6.54 Å². The molecule has 0 bridgehead atoms. The number of amides is 1. The lowest BCUT2D eigenvalue weighted by molar-refractivity contribution is -0.917. The average Bonchev–Trinajstić information content (AvgIpc) is 2.70. The molecule has 1 rings (SSSR count). The van der Waals surface area contributed by atoms with Crippen molar-refractivity contribution in [1.82, 2.24) is 0 Å². The van der Waals surface area contributed by atoms with Crippen LogP contribution in [0.25, 0.3) is 0 Å². The molecule has 6 nitrogen and oxygen atoms in total. The summed E-state index contributed by atoms with van der Waals surface area (Å²) in [6.07, 6.45) is 3.60. The number of likely N-dealkylation sites (N-methyl/N-ethyl adjacent to an activating group) is 1. The smallest absolute Gasteiger partial charge is 0.434 e. The molecule has 164 valence electrons. The number of rotatable bonds is 13. The lowest BCUT2D eigenvalue weighted by atomic mass is 10.1. The van der Waals surface area contributed by atoms with E-state index < -0.39 is 6.16 Å². The number of unbranched alkanes of at least 4 members (excludes halogenated alkanes) is 3. The van der Waals surface area contributed by atoms with Crippen LogP contribution in [-0.2, 0) is 14.3 Å². The third kappa shape index (κ3) is 8.86. The molecule has 0 aliphatic carbocycles. The summed E-state index contributed by atoms with van der Waals surface area (Å²) in [5.41, 5.74) is 2.98. The molecule has 0 heterocycles.